The lowest BCUT2D eigenvalue weighted by Crippen LogP contribution is -2.47. The second kappa shape index (κ2) is 8.70. The van der Waals surface area contributed by atoms with Crippen molar-refractivity contribution in [2.24, 2.45) is 0 Å². The van der Waals surface area contributed by atoms with Crippen LogP contribution in [-0.4, -0.2) is 43.9 Å². The van der Waals surface area contributed by atoms with Crippen LogP contribution in [0.1, 0.15) is 58.1 Å². The number of aromatic nitrogens is 2. The molecule has 0 aliphatic carbocycles. The number of nitrogens with zero attached hydrogens (tertiary/aromatic N) is 1. The molecular weight excluding hydrogens is 347 g/mol. The van der Waals surface area contributed by atoms with Gasteiger partial charge in [-0.2, -0.15) is 4.39 Å². The Morgan fingerprint density at radius 3 is 2.73 bits per heavy atom. The van der Waals surface area contributed by atoms with Crippen molar-refractivity contribution >= 4 is 5.78 Å². The number of hydrogen-bond donors (Lipinski definition) is 3. The number of Topliss-reactive ketones (excluding diaryl/α,β-unsaturated/α-hetero) is 1. The van der Waals surface area contributed by atoms with Crippen molar-refractivity contribution in [2.45, 2.75) is 69.8 Å². The molecule has 2 heterocycles. The predicted molar refractivity (Wildman–Crippen MR) is 90.2 cm³/mol. The average molecular weight is 372 g/mol. The third-order valence-electron chi connectivity index (χ3n) is 4.73. The summed E-state index contributed by atoms with van der Waals surface area (Å²) in [6.45, 7) is 1.45. The molecule has 0 amide bonds. The molecule has 3 atom stereocenters. The van der Waals surface area contributed by atoms with Crippen LogP contribution in [0.2, 0.25) is 0 Å². The van der Waals surface area contributed by atoms with E-state index in [4.69, 9.17) is 4.74 Å². The van der Waals surface area contributed by atoms with Crippen LogP contribution in [0, 0.1) is 5.82 Å². The van der Waals surface area contributed by atoms with E-state index in [1.807, 2.05) is 0 Å². The number of rotatable bonds is 9. The smallest absolute Gasteiger partial charge is 0.330 e. The van der Waals surface area contributed by atoms with Gasteiger partial charge in [-0.1, -0.05) is 32.6 Å². The molecule has 1 saturated heterocycles. The summed E-state index contributed by atoms with van der Waals surface area (Å²) in [7, 11) is 0. The van der Waals surface area contributed by atoms with Gasteiger partial charge in [0.05, 0.1) is 12.8 Å². The van der Waals surface area contributed by atoms with Crippen molar-refractivity contribution in [3.63, 3.8) is 0 Å². The average Bonchev–Trinajstić information content (AvgIpc) is 2.95. The Hall–Kier alpha value is -1.84. The number of ketones is 1. The molecule has 0 radical (unpaired) electrons. The summed E-state index contributed by atoms with van der Waals surface area (Å²) in [6.07, 6.45) is 2.70. The summed E-state index contributed by atoms with van der Waals surface area (Å²) >= 11 is 0. The van der Waals surface area contributed by atoms with Gasteiger partial charge in [-0.3, -0.25) is 19.1 Å². The second-order valence-corrected chi connectivity index (χ2v) is 6.62. The van der Waals surface area contributed by atoms with Gasteiger partial charge in [0.2, 0.25) is 5.82 Å². The molecule has 1 aromatic rings. The van der Waals surface area contributed by atoms with Crippen LogP contribution in [0.15, 0.2) is 15.8 Å². The van der Waals surface area contributed by atoms with Crippen LogP contribution in [-0.2, 0) is 9.53 Å². The Kier molecular flexibility index (Phi) is 6.85. The SMILES string of the molecule is CCCCCCCC(=O)[C@]1(O)CC(n2cc(F)c(=O)[nH]c2=O)OC1CO. The number of ether oxygens (including phenoxy) is 1. The number of H-pyrrole nitrogens is 1. The first kappa shape index (κ1) is 20.5. The zero-order valence-electron chi connectivity index (χ0n) is 14.7. The van der Waals surface area contributed by atoms with Crippen molar-refractivity contribution in [3.8, 4) is 0 Å². The molecule has 1 aliphatic heterocycles. The molecule has 2 rings (SSSR count). The maximum absolute atomic E-state index is 13.5. The van der Waals surface area contributed by atoms with E-state index in [0.29, 0.717) is 12.6 Å². The fourth-order valence-electron chi connectivity index (χ4n) is 3.18. The molecule has 0 aromatic carbocycles. The first-order valence-electron chi connectivity index (χ1n) is 8.86. The molecule has 0 bridgehead atoms. The molecule has 0 saturated carbocycles. The van der Waals surface area contributed by atoms with Gasteiger partial charge in [-0.05, 0) is 6.42 Å². The van der Waals surface area contributed by atoms with Crippen LogP contribution >= 0.6 is 0 Å². The Morgan fingerprint density at radius 1 is 1.38 bits per heavy atom. The fraction of sp³-hybridized carbons (Fsp3) is 0.706. The van der Waals surface area contributed by atoms with Crippen LogP contribution < -0.4 is 11.2 Å². The highest BCUT2D eigenvalue weighted by atomic mass is 19.1. The van der Waals surface area contributed by atoms with Crippen LogP contribution in [0.5, 0.6) is 0 Å². The highest BCUT2D eigenvalue weighted by Gasteiger charge is 2.52. The number of nitrogens with one attached hydrogen (secondary N) is 1. The molecule has 26 heavy (non-hydrogen) atoms. The van der Waals surface area contributed by atoms with Gasteiger partial charge in [-0.25, -0.2) is 4.79 Å². The Morgan fingerprint density at radius 2 is 2.08 bits per heavy atom. The minimum Gasteiger partial charge on any atom is -0.394 e. The van der Waals surface area contributed by atoms with Crippen LogP contribution in [0.4, 0.5) is 4.39 Å². The largest absolute Gasteiger partial charge is 0.394 e. The van der Waals surface area contributed by atoms with Gasteiger partial charge >= 0.3 is 5.69 Å². The lowest BCUT2D eigenvalue weighted by molar-refractivity contribution is -0.146. The summed E-state index contributed by atoms with van der Waals surface area (Å²) in [6, 6.07) is 0. The zero-order valence-corrected chi connectivity index (χ0v) is 14.7. The van der Waals surface area contributed by atoms with Crippen molar-refractivity contribution in [2.75, 3.05) is 6.61 Å². The number of aliphatic hydroxyl groups excluding tert-OH is 1. The topological polar surface area (TPSA) is 122 Å². The normalized spacial score (nSPS) is 25.5. The maximum Gasteiger partial charge on any atom is 0.330 e. The van der Waals surface area contributed by atoms with Crippen molar-refractivity contribution in [1.29, 1.82) is 0 Å². The lowest BCUT2D eigenvalue weighted by atomic mass is 9.87. The molecule has 1 aromatic heterocycles. The number of carbonyl (C=O) groups is 1. The maximum atomic E-state index is 13.5. The number of halogens is 1. The molecule has 146 valence electrons. The van der Waals surface area contributed by atoms with Gasteiger partial charge in [0.1, 0.15) is 12.3 Å². The van der Waals surface area contributed by atoms with Gasteiger partial charge in [0.25, 0.3) is 5.56 Å². The standard InChI is InChI=1S/C17H25FN2O6/c1-2-3-4-5-6-7-12(22)17(25)8-14(26-13(17)10-21)20-9-11(18)15(23)19-16(20)24/h9,13-14,21,25H,2-8,10H2,1H3,(H,19,23,24)/t13?,14?,17-/m1/s1. The monoisotopic (exact) mass is 372 g/mol. The summed E-state index contributed by atoms with van der Waals surface area (Å²) in [4.78, 5) is 37.3. The molecular formula is C17H25FN2O6. The summed E-state index contributed by atoms with van der Waals surface area (Å²) in [5.41, 5.74) is -4.05. The summed E-state index contributed by atoms with van der Waals surface area (Å²) in [5.74, 6) is -1.67. The number of hydrogen-bond acceptors (Lipinski definition) is 6. The van der Waals surface area contributed by atoms with Crippen molar-refractivity contribution < 1.29 is 24.1 Å². The highest BCUT2D eigenvalue weighted by molar-refractivity contribution is 5.88. The van der Waals surface area contributed by atoms with Gasteiger partial charge < -0.3 is 14.9 Å². The van der Waals surface area contributed by atoms with Crippen molar-refractivity contribution in [1.82, 2.24) is 9.55 Å². The van der Waals surface area contributed by atoms with E-state index >= 15 is 0 Å². The Bertz CT molecular complexity index is 746. The lowest BCUT2D eigenvalue weighted by Gasteiger charge is -2.25. The minimum absolute atomic E-state index is 0.127. The molecule has 0 spiro atoms. The predicted octanol–water partition coefficient (Wildman–Crippen LogP) is 0.616. The third-order valence-corrected chi connectivity index (χ3v) is 4.73. The first-order valence-corrected chi connectivity index (χ1v) is 8.86. The molecule has 3 N–H and O–H groups in total. The van der Waals surface area contributed by atoms with Gasteiger partial charge in [-0.15, -0.1) is 0 Å². The van der Waals surface area contributed by atoms with E-state index in [0.717, 1.165) is 30.3 Å². The molecule has 8 nitrogen and oxygen atoms in total. The molecule has 9 heteroatoms. The number of aromatic amines is 1. The van der Waals surface area contributed by atoms with Gasteiger partial charge in [0.15, 0.2) is 11.4 Å². The molecule has 1 aliphatic rings. The summed E-state index contributed by atoms with van der Waals surface area (Å²) < 4.78 is 19.7. The second-order valence-electron chi connectivity index (χ2n) is 6.62. The third kappa shape index (κ3) is 4.28. The minimum atomic E-state index is -1.96. The van der Waals surface area contributed by atoms with E-state index in [-0.39, 0.29) is 12.8 Å². The van der Waals surface area contributed by atoms with Crippen LogP contribution in [0.25, 0.3) is 0 Å². The number of carbonyl (C=O) groups excluding carboxylic acids is 1. The van der Waals surface area contributed by atoms with E-state index in [9.17, 15) is 29.0 Å². The highest BCUT2D eigenvalue weighted by Crippen LogP contribution is 2.37. The van der Waals surface area contributed by atoms with Crippen molar-refractivity contribution in [3.05, 3.63) is 32.9 Å². The zero-order chi connectivity index (χ0) is 19.3. The Balaban J connectivity index is 2.12. The van der Waals surface area contributed by atoms with Gasteiger partial charge in [0, 0.05) is 12.8 Å². The first-order chi connectivity index (χ1) is 12.3. The van der Waals surface area contributed by atoms with E-state index in [1.54, 1.807) is 4.98 Å². The summed E-state index contributed by atoms with van der Waals surface area (Å²) in [5, 5.41) is 20.2. The molecule has 1 fully saturated rings. The quantitative estimate of drug-likeness (QED) is 0.546. The number of aliphatic hydroxyl groups is 2. The van der Waals surface area contributed by atoms with Crippen LogP contribution in [0.3, 0.4) is 0 Å². The number of unbranched alkanes of at least 4 members (excludes halogenated alkanes) is 4. The van der Waals surface area contributed by atoms with E-state index in [1.165, 1.54) is 0 Å². The van der Waals surface area contributed by atoms with E-state index in [2.05, 4.69) is 6.92 Å². The molecule has 2 unspecified atom stereocenters. The van der Waals surface area contributed by atoms with E-state index < -0.39 is 47.4 Å². The Labute approximate surface area is 149 Å². The fourth-order valence-corrected chi connectivity index (χ4v) is 3.18.